The van der Waals surface area contributed by atoms with Crippen LogP contribution in [0.25, 0.3) is 0 Å². The first-order valence-corrected chi connectivity index (χ1v) is 9.21. The molecule has 0 aromatic heterocycles. The fourth-order valence-electron chi connectivity index (χ4n) is 2.80. The fraction of sp³-hybridized carbons (Fsp3) is 0.381. The monoisotopic (exact) mass is 384 g/mol. The molecule has 28 heavy (non-hydrogen) atoms. The maximum absolute atomic E-state index is 12.6. The van der Waals surface area contributed by atoms with Crippen LogP contribution < -0.4 is 10.2 Å². The average molecular weight is 384 g/mol. The molecule has 0 aliphatic heterocycles. The topological polar surface area (TPSA) is 78.7 Å². The summed E-state index contributed by atoms with van der Waals surface area (Å²) in [6.45, 7) is 5.42. The lowest BCUT2D eigenvalue weighted by Crippen LogP contribution is -2.27. The van der Waals surface area contributed by atoms with Crippen LogP contribution in [0.5, 0.6) is 0 Å². The maximum Gasteiger partial charge on any atom is 0.293 e. The molecule has 0 aliphatic rings. The average Bonchev–Trinajstić information content (AvgIpc) is 2.66. The molecule has 7 heteroatoms. The van der Waals surface area contributed by atoms with Gasteiger partial charge in [-0.3, -0.25) is 19.8 Å². The molecule has 7 nitrogen and oxygen atoms in total. The molecular weight excluding hydrogens is 356 g/mol. The van der Waals surface area contributed by atoms with Crippen LogP contribution in [-0.2, 0) is 13.1 Å². The highest BCUT2D eigenvalue weighted by molar-refractivity contribution is 5.95. The van der Waals surface area contributed by atoms with Gasteiger partial charge in [-0.05, 0) is 44.2 Å². The van der Waals surface area contributed by atoms with Crippen molar-refractivity contribution < 1.29 is 9.72 Å². The van der Waals surface area contributed by atoms with Gasteiger partial charge in [0.2, 0.25) is 0 Å². The van der Waals surface area contributed by atoms with E-state index in [0.29, 0.717) is 18.3 Å². The van der Waals surface area contributed by atoms with Gasteiger partial charge in [0.05, 0.1) is 4.92 Å². The third kappa shape index (κ3) is 5.29. The van der Waals surface area contributed by atoms with Gasteiger partial charge in [0, 0.05) is 44.9 Å². The van der Waals surface area contributed by atoms with E-state index >= 15 is 0 Å². The number of nitrogens with zero attached hydrogens (tertiary/aromatic N) is 3. The number of anilines is 1. The lowest BCUT2D eigenvalue weighted by Gasteiger charge is -2.22. The van der Waals surface area contributed by atoms with E-state index in [4.69, 9.17) is 0 Å². The molecule has 150 valence electrons. The molecule has 0 spiro atoms. The molecule has 2 aromatic carbocycles. The van der Waals surface area contributed by atoms with E-state index in [1.807, 2.05) is 18.2 Å². The Hall–Kier alpha value is -2.93. The number of rotatable bonds is 8. The Morgan fingerprint density at radius 1 is 1.11 bits per heavy atom. The van der Waals surface area contributed by atoms with Crippen molar-refractivity contribution in [2.45, 2.75) is 33.0 Å². The highest BCUT2D eigenvalue weighted by Crippen LogP contribution is 2.27. The second-order valence-corrected chi connectivity index (χ2v) is 7.32. The number of hydrogen-bond donors (Lipinski definition) is 1. The van der Waals surface area contributed by atoms with Crippen LogP contribution in [-0.4, -0.2) is 42.9 Å². The molecular formula is C21H28N4O3. The van der Waals surface area contributed by atoms with Crippen LogP contribution in [0.3, 0.4) is 0 Å². The van der Waals surface area contributed by atoms with Crippen LogP contribution in [0.15, 0.2) is 42.5 Å². The summed E-state index contributed by atoms with van der Waals surface area (Å²) in [5.41, 5.74) is 2.82. The number of nitro groups is 1. The normalized spacial score (nSPS) is 11.0. The quantitative estimate of drug-likeness (QED) is 0.557. The number of carbonyl (C=O) groups excluding carboxylic acids is 1. The Balaban J connectivity index is 2.15. The van der Waals surface area contributed by atoms with Gasteiger partial charge in [-0.2, -0.15) is 0 Å². The van der Waals surface area contributed by atoms with Crippen molar-refractivity contribution in [2.75, 3.05) is 26.0 Å². The first-order valence-electron chi connectivity index (χ1n) is 9.21. The SMILES string of the molecule is CC(C)N(C)Cc1ccccc1CNC(=O)c1ccc(N(C)C)c([N+](=O)[O-])c1. The molecule has 2 rings (SSSR count). The third-order valence-electron chi connectivity index (χ3n) is 4.78. The van der Waals surface area contributed by atoms with E-state index in [2.05, 4.69) is 37.2 Å². The molecule has 1 N–H and O–H groups in total. The molecule has 1 amide bonds. The largest absolute Gasteiger partial charge is 0.372 e. The highest BCUT2D eigenvalue weighted by atomic mass is 16.6. The Morgan fingerprint density at radius 3 is 2.32 bits per heavy atom. The zero-order valence-electron chi connectivity index (χ0n) is 17.1. The number of benzene rings is 2. The van der Waals surface area contributed by atoms with Gasteiger partial charge in [-0.15, -0.1) is 0 Å². The van der Waals surface area contributed by atoms with Gasteiger partial charge in [0.25, 0.3) is 11.6 Å². The zero-order valence-corrected chi connectivity index (χ0v) is 17.1. The minimum absolute atomic E-state index is 0.0865. The van der Waals surface area contributed by atoms with Gasteiger partial charge < -0.3 is 10.2 Å². The van der Waals surface area contributed by atoms with Crippen LogP contribution in [0, 0.1) is 10.1 Å². The smallest absolute Gasteiger partial charge is 0.293 e. The second kappa shape index (κ2) is 9.32. The van der Waals surface area contributed by atoms with Crippen molar-refractivity contribution in [1.29, 1.82) is 0 Å². The molecule has 0 atom stereocenters. The van der Waals surface area contributed by atoms with Crippen molar-refractivity contribution >= 4 is 17.3 Å². The minimum atomic E-state index is -0.469. The molecule has 0 radical (unpaired) electrons. The van der Waals surface area contributed by atoms with Crippen LogP contribution in [0.2, 0.25) is 0 Å². The Kier molecular flexibility index (Phi) is 7.12. The van der Waals surface area contributed by atoms with Crippen molar-refractivity contribution in [3.05, 3.63) is 69.3 Å². The van der Waals surface area contributed by atoms with E-state index in [9.17, 15) is 14.9 Å². The molecule has 2 aromatic rings. The summed E-state index contributed by atoms with van der Waals surface area (Å²) in [5.74, 6) is -0.333. The summed E-state index contributed by atoms with van der Waals surface area (Å²) in [6, 6.07) is 12.9. The summed E-state index contributed by atoms with van der Waals surface area (Å²) in [7, 11) is 5.52. The van der Waals surface area contributed by atoms with E-state index in [1.54, 1.807) is 31.1 Å². The Labute approximate surface area is 166 Å². The Morgan fingerprint density at radius 2 is 1.75 bits per heavy atom. The summed E-state index contributed by atoms with van der Waals surface area (Å²) >= 11 is 0. The van der Waals surface area contributed by atoms with E-state index in [0.717, 1.165) is 17.7 Å². The van der Waals surface area contributed by atoms with Gasteiger partial charge in [-0.1, -0.05) is 24.3 Å². The molecule has 0 saturated heterocycles. The summed E-state index contributed by atoms with van der Waals surface area (Å²) in [5, 5.41) is 14.2. The van der Waals surface area contributed by atoms with Crippen LogP contribution in [0.4, 0.5) is 11.4 Å². The minimum Gasteiger partial charge on any atom is -0.372 e. The number of hydrogen-bond acceptors (Lipinski definition) is 5. The predicted octanol–water partition coefficient (Wildman–Crippen LogP) is 3.43. The molecule has 0 heterocycles. The summed E-state index contributed by atoms with van der Waals surface area (Å²) in [6.07, 6.45) is 0. The first kappa shape index (κ1) is 21.4. The van der Waals surface area contributed by atoms with Crippen molar-refractivity contribution in [1.82, 2.24) is 10.2 Å². The van der Waals surface area contributed by atoms with Crippen LogP contribution >= 0.6 is 0 Å². The predicted molar refractivity (Wildman–Crippen MR) is 112 cm³/mol. The number of nitrogens with one attached hydrogen (secondary N) is 1. The lowest BCUT2D eigenvalue weighted by molar-refractivity contribution is -0.384. The van der Waals surface area contributed by atoms with E-state index in [-0.39, 0.29) is 17.2 Å². The molecule has 0 fully saturated rings. The molecule has 0 bridgehead atoms. The van der Waals surface area contributed by atoms with Gasteiger partial charge in [0.15, 0.2) is 0 Å². The highest BCUT2D eigenvalue weighted by Gasteiger charge is 2.19. The lowest BCUT2D eigenvalue weighted by atomic mass is 10.1. The fourth-order valence-corrected chi connectivity index (χ4v) is 2.80. The van der Waals surface area contributed by atoms with Gasteiger partial charge >= 0.3 is 0 Å². The van der Waals surface area contributed by atoms with Crippen LogP contribution in [0.1, 0.15) is 35.3 Å². The van der Waals surface area contributed by atoms with Crippen molar-refractivity contribution in [2.24, 2.45) is 0 Å². The Bertz CT molecular complexity index is 849. The number of nitro benzene ring substituents is 1. The summed E-state index contributed by atoms with van der Waals surface area (Å²) < 4.78 is 0. The molecule has 0 unspecified atom stereocenters. The molecule has 0 aliphatic carbocycles. The van der Waals surface area contributed by atoms with Crippen molar-refractivity contribution in [3.8, 4) is 0 Å². The maximum atomic E-state index is 12.6. The first-order chi connectivity index (χ1) is 13.2. The second-order valence-electron chi connectivity index (χ2n) is 7.32. The van der Waals surface area contributed by atoms with Gasteiger partial charge in [-0.25, -0.2) is 0 Å². The van der Waals surface area contributed by atoms with E-state index < -0.39 is 4.92 Å². The van der Waals surface area contributed by atoms with Gasteiger partial charge in [0.1, 0.15) is 5.69 Å². The molecule has 0 saturated carbocycles. The zero-order chi connectivity index (χ0) is 20.8. The summed E-state index contributed by atoms with van der Waals surface area (Å²) in [4.78, 5) is 27.3. The van der Waals surface area contributed by atoms with E-state index in [1.165, 1.54) is 6.07 Å². The third-order valence-corrected chi connectivity index (χ3v) is 4.78. The number of amides is 1. The standard InChI is InChI=1S/C21H28N4O3/c1-15(2)24(5)14-18-9-7-6-8-17(18)13-22-21(26)16-10-11-19(23(3)4)20(12-16)25(27)28/h6-12,15H,13-14H2,1-5H3,(H,22,26). The van der Waals surface area contributed by atoms with Crippen molar-refractivity contribution in [3.63, 3.8) is 0 Å². The number of carbonyl (C=O) groups is 1.